The molecule has 2 amide bonds. The first-order valence-corrected chi connectivity index (χ1v) is 7.31. The van der Waals surface area contributed by atoms with Gasteiger partial charge in [0.15, 0.2) is 5.82 Å². The topological polar surface area (TPSA) is 109 Å². The fraction of sp³-hybridized carbons (Fsp3) is 0.667. The van der Waals surface area contributed by atoms with Gasteiger partial charge in [-0.3, -0.25) is 10.00 Å². The predicted octanol–water partition coefficient (Wildman–Crippen LogP) is -0.689. The number of hydrogen-bond acceptors (Lipinski definition) is 5. The summed E-state index contributed by atoms with van der Waals surface area (Å²) in [7, 11) is -0.422. The molecule has 2 N–H and O–H groups in total. The molecule has 1 heterocycles. The van der Waals surface area contributed by atoms with Crippen molar-refractivity contribution in [1.82, 2.24) is 24.6 Å². The summed E-state index contributed by atoms with van der Waals surface area (Å²) >= 11 is 0. The SMILES string of the molecule is CCn1cc(NC(=O)NCCS(=O)(=O)N(C)C)nn1. The first-order valence-electron chi connectivity index (χ1n) is 5.70. The largest absolute Gasteiger partial charge is 0.337 e. The molecule has 0 bridgehead atoms. The van der Waals surface area contributed by atoms with Crippen molar-refractivity contribution in [2.24, 2.45) is 0 Å². The predicted molar refractivity (Wildman–Crippen MR) is 70.2 cm³/mol. The Morgan fingerprint density at radius 1 is 1.47 bits per heavy atom. The van der Waals surface area contributed by atoms with Gasteiger partial charge in [-0.05, 0) is 6.92 Å². The molecule has 0 aliphatic carbocycles. The molecule has 0 aromatic carbocycles. The molecular weight excluding hydrogens is 272 g/mol. The molecule has 0 atom stereocenters. The van der Waals surface area contributed by atoms with Crippen molar-refractivity contribution in [1.29, 1.82) is 0 Å². The lowest BCUT2D eigenvalue weighted by Gasteiger charge is -2.11. The van der Waals surface area contributed by atoms with Crippen molar-refractivity contribution in [3.8, 4) is 0 Å². The number of hydrogen-bond donors (Lipinski definition) is 2. The van der Waals surface area contributed by atoms with E-state index in [1.54, 1.807) is 10.9 Å². The Balaban J connectivity index is 2.36. The molecule has 0 spiro atoms. The van der Waals surface area contributed by atoms with Crippen molar-refractivity contribution >= 4 is 21.9 Å². The van der Waals surface area contributed by atoms with Crippen molar-refractivity contribution in [3.05, 3.63) is 6.20 Å². The third-order valence-corrected chi connectivity index (χ3v) is 4.14. The maximum atomic E-state index is 11.5. The van der Waals surface area contributed by atoms with Crippen LogP contribution < -0.4 is 10.6 Å². The van der Waals surface area contributed by atoms with E-state index in [0.29, 0.717) is 12.4 Å². The number of rotatable bonds is 6. The van der Waals surface area contributed by atoms with Crippen LogP contribution >= 0.6 is 0 Å². The Bertz CT molecular complexity index is 524. The Morgan fingerprint density at radius 3 is 2.68 bits per heavy atom. The lowest BCUT2D eigenvalue weighted by Crippen LogP contribution is -2.36. The summed E-state index contributed by atoms with van der Waals surface area (Å²) < 4.78 is 25.6. The molecule has 19 heavy (non-hydrogen) atoms. The normalized spacial score (nSPS) is 11.6. The van der Waals surface area contributed by atoms with Crippen molar-refractivity contribution in [2.45, 2.75) is 13.5 Å². The molecule has 9 nitrogen and oxygen atoms in total. The molecule has 1 rings (SSSR count). The third-order valence-electron chi connectivity index (χ3n) is 2.31. The highest BCUT2D eigenvalue weighted by atomic mass is 32.2. The van der Waals surface area contributed by atoms with Gasteiger partial charge in [-0.2, -0.15) is 0 Å². The molecule has 0 radical (unpaired) electrons. The van der Waals surface area contributed by atoms with Gasteiger partial charge in [-0.1, -0.05) is 5.21 Å². The zero-order chi connectivity index (χ0) is 14.5. The van der Waals surface area contributed by atoms with Gasteiger partial charge in [-0.25, -0.2) is 17.5 Å². The monoisotopic (exact) mass is 290 g/mol. The van der Waals surface area contributed by atoms with E-state index in [1.165, 1.54) is 14.1 Å². The summed E-state index contributed by atoms with van der Waals surface area (Å²) in [5, 5.41) is 12.4. The fourth-order valence-electron chi connectivity index (χ4n) is 1.15. The van der Waals surface area contributed by atoms with Gasteiger partial charge in [0, 0.05) is 27.2 Å². The first kappa shape index (κ1) is 15.4. The average molecular weight is 290 g/mol. The molecule has 0 saturated carbocycles. The molecule has 0 aliphatic heterocycles. The average Bonchev–Trinajstić information content (AvgIpc) is 2.76. The lowest BCUT2D eigenvalue weighted by molar-refractivity contribution is 0.252. The second-order valence-corrected chi connectivity index (χ2v) is 6.24. The number of anilines is 1. The van der Waals surface area contributed by atoms with E-state index in [1.807, 2.05) is 6.92 Å². The summed E-state index contributed by atoms with van der Waals surface area (Å²) in [5.41, 5.74) is 0. The van der Waals surface area contributed by atoms with Crippen LogP contribution in [-0.4, -0.2) is 60.1 Å². The van der Waals surface area contributed by atoms with Crippen LogP contribution in [0.1, 0.15) is 6.92 Å². The number of carbonyl (C=O) groups excluding carboxylic acids is 1. The summed E-state index contributed by atoms with van der Waals surface area (Å²) in [5.74, 6) is 0.157. The van der Waals surface area contributed by atoms with Crippen LogP contribution in [0.2, 0.25) is 0 Å². The molecular formula is C9H18N6O3S. The molecule has 0 fully saturated rings. The smallest absolute Gasteiger partial charge is 0.320 e. The summed E-state index contributed by atoms with van der Waals surface area (Å²) in [6.07, 6.45) is 1.58. The van der Waals surface area contributed by atoms with E-state index < -0.39 is 16.1 Å². The van der Waals surface area contributed by atoms with Crippen LogP contribution in [0, 0.1) is 0 Å². The van der Waals surface area contributed by atoms with Crippen LogP contribution in [0.3, 0.4) is 0 Å². The maximum Gasteiger partial charge on any atom is 0.320 e. The number of aryl methyl sites for hydroxylation is 1. The number of nitrogens with one attached hydrogen (secondary N) is 2. The van der Waals surface area contributed by atoms with Gasteiger partial charge in [0.1, 0.15) is 0 Å². The Hall–Kier alpha value is -1.68. The van der Waals surface area contributed by atoms with Crippen LogP contribution in [0.5, 0.6) is 0 Å². The molecule has 1 aromatic heterocycles. The Morgan fingerprint density at radius 2 is 2.16 bits per heavy atom. The molecule has 1 aromatic rings. The number of urea groups is 1. The van der Waals surface area contributed by atoms with Gasteiger partial charge in [0.2, 0.25) is 10.0 Å². The Kier molecular flexibility index (Phi) is 5.24. The number of sulfonamides is 1. The minimum atomic E-state index is -3.31. The highest BCUT2D eigenvalue weighted by molar-refractivity contribution is 7.89. The number of aromatic nitrogens is 3. The summed E-state index contributed by atoms with van der Waals surface area (Å²) in [4.78, 5) is 11.5. The van der Waals surface area contributed by atoms with E-state index in [2.05, 4.69) is 20.9 Å². The quantitative estimate of drug-likeness (QED) is 0.721. The van der Waals surface area contributed by atoms with Gasteiger partial charge in [0.25, 0.3) is 0 Å². The van der Waals surface area contributed by atoms with E-state index >= 15 is 0 Å². The third kappa shape index (κ3) is 4.83. The Labute approximate surface area is 112 Å². The highest BCUT2D eigenvalue weighted by Crippen LogP contribution is 1.99. The van der Waals surface area contributed by atoms with Crippen LogP contribution in [0.25, 0.3) is 0 Å². The number of nitrogens with zero attached hydrogens (tertiary/aromatic N) is 4. The first-order chi connectivity index (χ1) is 8.85. The van der Waals surface area contributed by atoms with E-state index in [4.69, 9.17) is 0 Å². The van der Waals surface area contributed by atoms with Gasteiger partial charge >= 0.3 is 6.03 Å². The van der Waals surface area contributed by atoms with Crippen LogP contribution in [0.15, 0.2) is 6.20 Å². The van der Waals surface area contributed by atoms with E-state index in [9.17, 15) is 13.2 Å². The van der Waals surface area contributed by atoms with E-state index in [0.717, 1.165) is 4.31 Å². The molecule has 0 saturated heterocycles. The summed E-state index contributed by atoms with van der Waals surface area (Å²) in [6.45, 7) is 2.57. The lowest BCUT2D eigenvalue weighted by atomic mass is 10.6. The molecule has 0 aliphatic rings. The van der Waals surface area contributed by atoms with Gasteiger partial charge in [-0.15, -0.1) is 5.10 Å². The molecule has 10 heteroatoms. The number of carbonyl (C=O) groups is 1. The summed E-state index contributed by atoms with van der Waals surface area (Å²) in [6, 6.07) is -0.517. The highest BCUT2D eigenvalue weighted by Gasteiger charge is 2.13. The van der Waals surface area contributed by atoms with Gasteiger partial charge < -0.3 is 5.32 Å². The molecule has 0 unspecified atom stereocenters. The second-order valence-electron chi connectivity index (χ2n) is 3.94. The van der Waals surface area contributed by atoms with Crippen LogP contribution in [-0.2, 0) is 16.6 Å². The van der Waals surface area contributed by atoms with Crippen molar-refractivity contribution < 1.29 is 13.2 Å². The second kappa shape index (κ2) is 6.48. The minimum absolute atomic E-state index is 0.0221. The standard InChI is InChI=1S/C9H18N6O3S/c1-4-15-7-8(12-13-15)11-9(16)10-5-6-19(17,18)14(2)3/h7H,4-6H2,1-3H3,(H2,10,11,16). The van der Waals surface area contributed by atoms with E-state index in [-0.39, 0.29) is 12.3 Å². The zero-order valence-electron chi connectivity index (χ0n) is 11.1. The van der Waals surface area contributed by atoms with Crippen LogP contribution in [0.4, 0.5) is 10.6 Å². The maximum absolute atomic E-state index is 11.5. The molecule has 108 valence electrons. The number of amides is 2. The van der Waals surface area contributed by atoms with Gasteiger partial charge in [0.05, 0.1) is 11.9 Å². The fourth-order valence-corrected chi connectivity index (χ4v) is 1.87. The van der Waals surface area contributed by atoms with Crippen molar-refractivity contribution in [2.75, 3.05) is 31.7 Å². The zero-order valence-corrected chi connectivity index (χ0v) is 11.9. The van der Waals surface area contributed by atoms with Crippen molar-refractivity contribution in [3.63, 3.8) is 0 Å². The minimum Gasteiger partial charge on any atom is -0.337 e.